The van der Waals surface area contributed by atoms with Crippen molar-refractivity contribution in [3.05, 3.63) is 53.6 Å². The zero-order chi connectivity index (χ0) is 15.6. The number of aliphatic hydroxyl groups is 1. The van der Waals surface area contributed by atoms with Crippen LogP contribution in [-0.4, -0.2) is 29.4 Å². The first-order valence-electron chi connectivity index (χ1n) is 6.32. The van der Waals surface area contributed by atoms with Crippen molar-refractivity contribution >= 4 is 10.0 Å². The molecule has 0 bridgehead atoms. The number of aromatic nitrogens is 1. The van der Waals surface area contributed by atoms with Gasteiger partial charge in [0.15, 0.2) is 0 Å². The lowest BCUT2D eigenvalue weighted by molar-refractivity contribution is 0.272. The summed E-state index contributed by atoms with van der Waals surface area (Å²) in [5.41, 5.74) is 0.801. The molecule has 21 heavy (non-hydrogen) atoms. The molecule has 0 unspecified atom stereocenters. The average Bonchev–Trinajstić information content (AvgIpc) is 2.83. The monoisotopic (exact) mass is 312 g/mol. The third kappa shape index (κ3) is 3.15. The van der Waals surface area contributed by atoms with Crippen LogP contribution in [0.1, 0.15) is 11.3 Å². The van der Waals surface area contributed by atoms with E-state index in [0.29, 0.717) is 11.3 Å². The van der Waals surface area contributed by atoms with E-state index in [9.17, 15) is 12.8 Å². The average molecular weight is 312 g/mol. The van der Waals surface area contributed by atoms with Gasteiger partial charge in [-0.3, -0.25) is 0 Å². The number of hydrogen-bond acceptors (Lipinski definition) is 3. The first-order valence-corrected chi connectivity index (χ1v) is 7.76. The van der Waals surface area contributed by atoms with Gasteiger partial charge in [-0.15, -0.1) is 0 Å². The molecule has 5 nitrogen and oxygen atoms in total. The lowest BCUT2D eigenvalue weighted by Gasteiger charge is -2.16. The zero-order valence-electron chi connectivity index (χ0n) is 11.8. The highest BCUT2D eigenvalue weighted by Gasteiger charge is 2.23. The number of aliphatic hydroxyl groups excluding tert-OH is 1. The molecular formula is C14H17FN2O3S. The van der Waals surface area contributed by atoms with Crippen LogP contribution >= 0.6 is 0 Å². The minimum atomic E-state index is -3.73. The van der Waals surface area contributed by atoms with Gasteiger partial charge in [-0.1, -0.05) is 18.2 Å². The van der Waals surface area contributed by atoms with Gasteiger partial charge in [-0.05, 0) is 12.1 Å². The number of rotatable bonds is 5. The van der Waals surface area contributed by atoms with Crippen LogP contribution in [0.2, 0.25) is 0 Å². The molecule has 0 fully saturated rings. The van der Waals surface area contributed by atoms with Crippen molar-refractivity contribution in [2.75, 3.05) is 7.05 Å². The van der Waals surface area contributed by atoms with Crippen molar-refractivity contribution < 1.29 is 17.9 Å². The Morgan fingerprint density at radius 2 is 2.00 bits per heavy atom. The number of aryl methyl sites for hydroxylation is 1. The molecule has 1 heterocycles. The molecule has 0 aliphatic heterocycles. The molecule has 0 amide bonds. The first-order chi connectivity index (χ1) is 9.86. The maximum absolute atomic E-state index is 13.6. The van der Waals surface area contributed by atoms with Gasteiger partial charge >= 0.3 is 0 Å². The van der Waals surface area contributed by atoms with Crippen molar-refractivity contribution in [3.8, 4) is 0 Å². The van der Waals surface area contributed by atoms with Gasteiger partial charge in [-0.2, -0.15) is 4.31 Å². The van der Waals surface area contributed by atoms with Gasteiger partial charge in [0.1, 0.15) is 10.7 Å². The summed E-state index contributed by atoms with van der Waals surface area (Å²) < 4.78 is 41.1. The van der Waals surface area contributed by atoms with Crippen LogP contribution in [0, 0.1) is 5.82 Å². The van der Waals surface area contributed by atoms with Crippen molar-refractivity contribution in [3.63, 3.8) is 0 Å². The molecule has 0 saturated carbocycles. The third-order valence-electron chi connectivity index (χ3n) is 3.30. The number of sulfonamides is 1. The van der Waals surface area contributed by atoms with Gasteiger partial charge in [0.2, 0.25) is 10.0 Å². The van der Waals surface area contributed by atoms with E-state index in [4.69, 9.17) is 5.11 Å². The molecule has 7 heteroatoms. The van der Waals surface area contributed by atoms with E-state index in [2.05, 4.69) is 0 Å². The van der Waals surface area contributed by atoms with E-state index in [0.717, 1.165) is 4.31 Å². The van der Waals surface area contributed by atoms with Crippen molar-refractivity contribution in [1.29, 1.82) is 0 Å². The fourth-order valence-corrected chi connectivity index (χ4v) is 3.25. The number of benzene rings is 1. The van der Waals surface area contributed by atoms with Crippen molar-refractivity contribution in [1.82, 2.24) is 8.87 Å². The summed E-state index contributed by atoms with van der Waals surface area (Å²) in [5.74, 6) is -0.441. The number of halogens is 1. The maximum atomic E-state index is 13.6. The molecule has 1 aromatic heterocycles. The molecule has 0 aliphatic carbocycles. The molecule has 114 valence electrons. The zero-order valence-corrected chi connectivity index (χ0v) is 12.6. The highest BCUT2D eigenvalue weighted by Crippen LogP contribution is 2.20. The third-order valence-corrected chi connectivity index (χ3v) is 5.07. The van der Waals surface area contributed by atoms with Crippen molar-refractivity contribution in [2.24, 2.45) is 7.05 Å². The van der Waals surface area contributed by atoms with Crippen LogP contribution < -0.4 is 0 Å². The number of nitrogens with zero attached hydrogens (tertiary/aromatic N) is 2. The Bertz CT molecular complexity index is 740. The maximum Gasteiger partial charge on any atom is 0.244 e. The standard InChI is InChI=1S/C14H17FN2O3S/c1-16-9-13(7-12(16)10-18)21(19,20)17(2)8-11-5-3-4-6-14(11)15/h3-7,9,18H,8,10H2,1-2H3. The molecular weight excluding hydrogens is 295 g/mol. The topological polar surface area (TPSA) is 62.5 Å². The highest BCUT2D eigenvalue weighted by atomic mass is 32.2. The second-order valence-corrected chi connectivity index (χ2v) is 6.83. The predicted molar refractivity (Wildman–Crippen MR) is 76.4 cm³/mol. The molecule has 0 saturated heterocycles. The predicted octanol–water partition coefficient (Wildman–Crippen LogP) is 1.48. The SMILES string of the molecule is CN(Cc1ccccc1F)S(=O)(=O)c1cc(CO)n(C)c1. The summed E-state index contributed by atoms with van der Waals surface area (Å²) in [5, 5.41) is 9.13. The van der Waals surface area contributed by atoms with Crippen LogP contribution in [0.5, 0.6) is 0 Å². The van der Waals surface area contributed by atoms with Gasteiger partial charge in [0.25, 0.3) is 0 Å². The molecule has 0 atom stereocenters. The summed E-state index contributed by atoms with van der Waals surface area (Å²) in [6.07, 6.45) is 1.43. The minimum Gasteiger partial charge on any atom is -0.390 e. The van der Waals surface area contributed by atoms with Gasteiger partial charge in [-0.25, -0.2) is 12.8 Å². The Hall–Kier alpha value is -1.70. The normalized spacial score (nSPS) is 12.0. The lowest BCUT2D eigenvalue weighted by Crippen LogP contribution is -2.26. The minimum absolute atomic E-state index is 0.0572. The Morgan fingerprint density at radius 1 is 1.33 bits per heavy atom. The summed E-state index contributed by atoms with van der Waals surface area (Å²) in [6, 6.07) is 7.46. The van der Waals surface area contributed by atoms with E-state index in [1.165, 1.54) is 25.4 Å². The molecule has 0 radical (unpaired) electrons. The molecule has 2 rings (SSSR count). The fraction of sp³-hybridized carbons (Fsp3) is 0.286. The van der Waals surface area contributed by atoms with Gasteiger partial charge in [0.05, 0.1) is 6.61 Å². The van der Waals surface area contributed by atoms with Crippen LogP contribution in [0.3, 0.4) is 0 Å². The Balaban J connectivity index is 2.28. The Morgan fingerprint density at radius 3 is 2.57 bits per heavy atom. The first kappa shape index (κ1) is 15.7. The van der Waals surface area contributed by atoms with Crippen molar-refractivity contribution in [2.45, 2.75) is 18.0 Å². The molecule has 0 aliphatic rings. The van der Waals surface area contributed by atoms with E-state index in [-0.39, 0.29) is 18.0 Å². The van der Waals surface area contributed by atoms with E-state index < -0.39 is 15.8 Å². The molecule has 1 aromatic carbocycles. The second-order valence-electron chi connectivity index (χ2n) is 4.79. The summed E-state index contributed by atoms with van der Waals surface area (Å²) in [4.78, 5) is 0.0767. The molecule has 0 spiro atoms. The second kappa shape index (κ2) is 5.97. The number of hydrogen-bond donors (Lipinski definition) is 1. The van der Waals surface area contributed by atoms with Gasteiger partial charge in [0, 0.05) is 38.1 Å². The Kier molecular flexibility index (Phi) is 4.46. The molecule has 1 N–H and O–H groups in total. The fourth-order valence-electron chi connectivity index (χ4n) is 2.01. The van der Waals surface area contributed by atoms with Gasteiger partial charge < -0.3 is 9.67 Å². The van der Waals surface area contributed by atoms with E-state index >= 15 is 0 Å². The molecule has 2 aromatic rings. The smallest absolute Gasteiger partial charge is 0.244 e. The van der Waals surface area contributed by atoms with E-state index in [1.807, 2.05) is 0 Å². The largest absolute Gasteiger partial charge is 0.390 e. The van der Waals surface area contributed by atoms with Crippen LogP contribution in [0.25, 0.3) is 0 Å². The highest BCUT2D eigenvalue weighted by molar-refractivity contribution is 7.89. The van der Waals surface area contributed by atoms with E-state index in [1.54, 1.807) is 29.8 Å². The van der Waals surface area contributed by atoms with Crippen LogP contribution in [-0.2, 0) is 30.2 Å². The Labute approximate surface area is 123 Å². The summed E-state index contributed by atoms with van der Waals surface area (Å²) >= 11 is 0. The lowest BCUT2D eigenvalue weighted by atomic mass is 10.2. The quantitative estimate of drug-likeness (QED) is 0.909. The van der Waals surface area contributed by atoms with Crippen LogP contribution in [0.15, 0.2) is 41.4 Å². The summed E-state index contributed by atoms with van der Waals surface area (Å²) in [6.45, 7) is -0.304. The van der Waals surface area contributed by atoms with Crippen LogP contribution in [0.4, 0.5) is 4.39 Å². The summed E-state index contributed by atoms with van der Waals surface area (Å²) in [7, 11) is -0.681.